The number of rotatable bonds is 5. The van der Waals surface area contributed by atoms with Crippen molar-refractivity contribution in [2.24, 2.45) is 0 Å². The van der Waals surface area contributed by atoms with E-state index in [4.69, 9.17) is 0 Å². The van der Waals surface area contributed by atoms with Crippen LogP contribution in [0.4, 0.5) is 10.8 Å². The normalized spacial score (nSPS) is 13.8. The van der Waals surface area contributed by atoms with Crippen molar-refractivity contribution >= 4 is 34.0 Å². The molecule has 1 fully saturated rings. The van der Waals surface area contributed by atoms with Crippen LogP contribution in [0.15, 0.2) is 54.6 Å². The predicted octanol–water partition coefficient (Wildman–Crippen LogP) is 3.51. The molecule has 0 unspecified atom stereocenters. The van der Waals surface area contributed by atoms with Gasteiger partial charge in [0.25, 0.3) is 5.91 Å². The number of amides is 2. The van der Waals surface area contributed by atoms with E-state index in [0.29, 0.717) is 23.5 Å². The van der Waals surface area contributed by atoms with Crippen molar-refractivity contribution in [3.63, 3.8) is 0 Å². The third-order valence-corrected chi connectivity index (χ3v) is 5.24. The molecule has 2 heterocycles. The average molecular weight is 378 g/mol. The van der Waals surface area contributed by atoms with Gasteiger partial charge in [0.05, 0.1) is 0 Å². The van der Waals surface area contributed by atoms with E-state index >= 15 is 0 Å². The molecule has 0 radical (unpaired) electrons. The maximum Gasteiger partial charge on any atom is 0.257 e. The van der Waals surface area contributed by atoms with E-state index in [1.807, 2.05) is 30.3 Å². The Morgan fingerprint density at radius 1 is 1.07 bits per heavy atom. The second kappa shape index (κ2) is 7.67. The molecule has 7 heteroatoms. The Morgan fingerprint density at radius 2 is 1.85 bits per heavy atom. The first kappa shape index (κ1) is 17.4. The van der Waals surface area contributed by atoms with Crippen LogP contribution in [0.25, 0.3) is 0 Å². The molecule has 1 saturated heterocycles. The lowest BCUT2D eigenvalue weighted by Crippen LogP contribution is -2.23. The summed E-state index contributed by atoms with van der Waals surface area (Å²) < 4.78 is 0. The van der Waals surface area contributed by atoms with Crippen LogP contribution in [0.5, 0.6) is 0 Å². The molecule has 0 saturated carbocycles. The first-order valence-electron chi connectivity index (χ1n) is 8.77. The number of carbonyl (C=O) groups is 2. The van der Waals surface area contributed by atoms with Crippen molar-refractivity contribution in [2.45, 2.75) is 19.3 Å². The van der Waals surface area contributed by atoms with Crippen molar-refractivity contribution in [1.29, 1.82) is 0 Å². The summed E-state index contributed by atoms with van der Waals surface area (Å²) in [5, 5.41) is 12.3. The average Bonchev–Trinajstić information content (AvgIpc) is 3.31. The van der Waals surface area contributed by atoms with E-state index in [-0.39, 0.29) is 11.8 Å². The molecule has 0 bridgehead atoms. The van der Waals surface area contributed by atoms with Gasteiger partial charge in [-0.25, -0.2) is 0 Å². The van der Waals surface area contributed by atoms with Gasteiger partial charge in [0.15, 0.2) is 0 Å². The SMILES string of the molecule is O=C(Nc1nnc(Cc2ccccc2)s1)c1ccc(N2CCCC2=O)cc1. The van der Waals surface area contributed by atoms with Crippen LogP contribution in [0.1, 0.15) is 33.8 Å². The van der Waals surface area contributed by atoms with E-state index in [9.17, 15) is 9.59 Å². The van der Waals surface area contributed by atoms with E-state index in [1.165, 1.54) is 11.3 Å². The molecule has 0 atom stereocenters. The van der Waals surface area contributed by atoms with Gasteiger partial charge in [0.1, 0.15) is 5.01 Å². The Hall–Kier alpha value is -3.06. The van der Waals surface area contributed by atoms with Gasteiger partial charge in [-0.1, -0.05) is 41.7 Å². The van der Waals surface area contributed by atoms with Gasteiger partial charge < -0.3 is 4.90 Å². The third kappa shape index (κ3) is 4.03. The number of anilines is 2. The summed E-state index contributed by atoms with van der Waals surface area (Å²) in [5.74, 6) is -0.108. The van der Waals surface area contributed by atoms with Gasteiger partial charge >= 0.3 is 0 Å². The summed E-state index contributed by atoms with van der Waals surface area (Å²) in [6.45, 7) is 0.735. The van der Waals surface area contributed by atoms with Gasteiger partial charge in [0, 0.05) is 30.6 Å². The van der Waals surface area contributed by atoms with E-state index in [0.717, 1.165) is 29.2 Å². The highest BCUT2D eigenvalue weighted by molar-refractivity contribution is 7.15. The summed E-state index contributed by atoms with van der Waals surface area (Å²) >= 11 is 1.37. The molecule has 2 aromatic carbocycles. The first-order chi connectivity index (χ1) is 13.2. The molecule has 1 N–H and O–H groups in total. The second-order valence-corrected chi connectivity index (χ2v) is 7.38. The summed E-state index contributed by atoms with van der Waals surface area (Å²) in [4.78, 5) is 26.0. The molecule has 4 rings (SSSR count). The minimum absolute atomic E-state index is 0.131. The quantitative estimate of drug-likeness (QED) is 0.737. The predicted molar refractivity (Wildman–Crippen MR) is 105 cm³/mol. The van der Waals surface area contributed by atoms with Gasteiger partial charge in [-0.3, -0.25) is 14.9 Å². The number of benzene rings is 2. The van der Waals surface area contributed by atoms with Gasteiger partial charge in [0.2, 0.25) is 11.0 Å². The Labute approximate surface area is 160 Å². The van der Waals surface area contributed by atoms with Crippen molar-refractivity contribution in [3.05, 3.63) is 70.7 Å². The maximum atomic E-state index is 12.4. The monoisotopic (exact) mass is 378 g/mol. The van der Waals surface area contributed by atoms with Gasteiger partial charge in [-0.15, -0.1) is 10.2 Å². The van der Waals surface area contributed by atoms with Crippen LogP contribution in [0.3, 0.4) is 0 Å². The number of carbonyl (C=O) groups excluding carboxylic acids is 2. The molecule has 1 aliphatic rings. The number of hydrogen-bond donors (Lipinski definition) is 1. The highest BCUT2D eigenvalue weighted by Crippen LogP contribution is 2.23. The summed E-state index contributed by atoms with van der Waals surface area (Å²) in [6, 6.07) is 17.1. The minimum Gasteiger partial charge on any atom is -0.312 e. The van der Waals surface area contributed by atoms with Crippen LogP contribution in [0, 0.1) is 0 Å². The molecule has 136 valence electrons. The standard InChI is InChI=1S/C20H18N4O2S/c25-18-7-4-12-24(18)16-10-8-15(9-11-16)19(26)21-20-23-22-17(27-20)13-14-5-2-1-3-6-14/h1-3,5-6,8-11H,4,7,12-13H2,(H,21,23,26). The molecule has 3 aromatic rings. The lowest BCUT2D eigenvalue weighted by molar-refractivity contribution is -0.117. The lowest BCUT2D eigenvalue weighted by Gasteiger charge is -2.15. The van der Waals surface area contributed by atoms with Crippen LogP contribution in [-0.4, -0.2) is 28.6 Å². The molecule has 1 aliphatic heterocycles. The van der Waals surface area contributed by atoms with Gasteiger partial charge in [-0.2, -0.15) is 0 Å². The van der Waals surface area contributed by atoms with Crippen molar-refractivity contribution < 1.29 is 9.59 Å². The lowest BCUT2D eigenvalue weighted by atomic mass is 10.2. The zero-order chi connectivity index (χ0) is 18.6. The van der Waals surface area contributed by atoms with Crippen molar-refractivity contribution in [3.8, 4) is 0 Å². The Balaban J connectivity index is 1.40. The zero-order valence-electron chi connectivity index (χ0n) is 14.6. The molecule has 2 amide bonds. The number of nitrogens with one attached hydrogen (secondary N) is 1. The number of nitrogens with zero attached hydrogens (tertiary/aromatic N) is 3. The highest BCUT2D eigenvalue weighted by Gasteiger charge is 2.21. The molecular weight excluding hydrogens is 360 g/mol. The Kier molecular flexibility index (Phi) is 4.93. The fraction of sp³-hybridized carbons (Fsp3) is 0.200. The molecule has 27 heavy (non-hydrogen) atoms. The Bertz CT molecular complexity index is 954. The number of hydrogen-bond acceptors (Lipinski definition) is 5. The first-order valence-corrected chi connectivity index (χ1v) is 9.59. The molecule has 0 spiro atoms. The van der Waals surface area contributed by atoms with Crippen molar-refractivity contribution in [1.82, 2.24) is 10.2 Å². The molecule has 0 aliphatic carbocycles. The molecule has 6 nitrogen and oxygen atoms in total. The van der Waals surface area contributed by atoms with E-state index in [2.05, 4.69) is 15.5 Å². The van der Waals surface area contributed by atoms with Crippen LogP contribution in [0.2, 0.25) is 0 Å². The fourth-order valence-electron chi connectivity index (χ4n) is 3.03. The third-order valence-electron chi connectivity index (χ3n) is 4.40. The number of aromatic nitrogens is 2. The van der Waals surface area contributed by atoms with Gasteiger partial charge in [-0.05, 0) is 36.2 Å². The van der Waals surface area contributed by atoms with Crippen LogP contribution in [-0.2, 0) is 11.2 Å². The largest absolute Gasteiger partial charge is 0.312 e. The van der Waals surface area contributed by atoms with E-state index < -0.39 is 0 Å². The highest BCUT2D eigenvalue weighted by atomic mass is 32.1. The summed E-state index contributed by atoms with van der Waals surface area (Å²) in [6.07, 6.45) is 2.15. The Morgan fingerprint density at radius 3 is 2.56 bits per heavy atom. The maximum absolute atomic E-state index is 12.4. The topological polar surface area (TPSA) is 75.2 Å². The van der Waals surface area contributed by atoms with Crippen LogP contribution < -0.4 is 10.2 Å². The van der Waals surface area contributed by atoms with Crippen molar-refractivity contribution in [2.75, 3.05) is 16.8 Å². The van der Waals surface area contributed by atoms with Crippen LogP contribution >= 0.6 is 11.3 Å². The summed E-state index contributed by atoms with van der Waals surface area (Å²) in [5.41, 5.74) is 2.50. The molecule has 1 aromatic heterocycles. The molecular formula is C20H18N4O2S. The smallest absolute Gasteiger partial charge is 0.257 e. The fourth-order valence-corrected chi connectivity index (χ4v) is 3.80. The minimum atomic E-state index is -0.239. The summed E-state index contributed by atoms with van der Waals surface area (Å²) in [7, 11) is 0. The van der Waals surface area contributed by atoms with E-state index in [1.54, 1.807) is 29.2 Å². The second-order valence-electron chi connectivity index (χ2n) is 6.31. The zero-order valence-corrected chi connectivity index (χ0v) is 15.4.